The number of imidazole rings is 6. The number of rotatable bonds is 25. The Morgan fingerprint density at radius 2 is 0.711 bits per heavy atom. The van der Waals surface area contributed by atoms with E-state index in [1.54, 1.807) is 24.4 Å². The Bertz CT molecular complexity index is 6420. The molecule has 13 heterocycles. The average molecular weight is 2060 g/mol. The Kier molecular flexibility index (Phi) is 37.7. The van der Waals surface area contributed by atoms with Crippen molar-refractivity contribution in [2.24, 2.45) is 10.8 Å². The van der Waals surface area contributed by atoms with E-state index >= 15 is 0 Å². The van der Waals surface area contributed by atoms with Gasteiger partial charge in [-0.15, -0.1) is 0 Å². The van der Waals surface area contributed by atoms with Gasteiger partial charge in [-0.3, -0.25) is 88.1 Å². The Balaban J connectivity index is 0.000000175. The fourth-order valence-electron chi connectivity index (χ4n) is 15.3. The van der Waals surface area contributed by atoms with Gasteiger partial charge >= 0.3 is 12.4 Å². The molecule has 0 spiro atoms. The van der Waals surface area contributed by atoms with Crippen LogP contribution in [0.5, 0.6) is 0 Å². The molecule has 142 heavy (non-hydrogen) atoms. The Labute approximate surface area is 842 Å². The van der Waals surface area contributed by atoms with Crippen LogP contribution in [0.4, 0.5) is 62.0 Å². The Morgan fingerprint density at radius 1 is 0.401 bits per heavy atom. The third-order valence-corrected chi connectivity index (χ3v) is 22.8. The van der Waals surface area contributed by atoms with Crippen molar-refractivity contribution in [2.45, 2.75) is 334 Å². The first-order valence-electron chi connectivity index (χ1n) is 47.4. The van der Waals surface area contributed by atoms with Gasteiger partial charge in [0.05, 0.1) is 74.0 Å². The number of carbonyl (C=O) groups excluding carboxylic acids is 6. The summed E-state index contributed by atoms with van der Waals surface area (Å²) in [5, 5.41) is 17.4. The number of amides is 6. The van der Waals surface area contributed by atoms with Crippen LogP contribution in [-0.4, -0.2) is 183 Å². The predicted molar refractivity (Wildman–Crippen MR) is 542 cm³/mol. The molecule has 1 aliphatic heterocycles. The van der Waals surface area contributed by atoms with Crippen molar-refractivity contribution in [2.75, 3.05) is 51.7 Å². The highest BCUT2D eigenvalue weighted by atomic mass is 35.5. The van der Waals surface area contributed by atoms with Gasteiger partial charge in [0.15, 0.2) is 33.9 Å². The van der Waals surface area contributed by atoms with Gasteiger partial charge in [-0.25, -0.2) is 59.8 Å². The van der Waals surface area contributed by atoms with E-state index in [0.717, 1.165) is 87.5 Å². The second kappa shape index (κ2) is 47.3. The summed E-state index contributed by atoms with van der Waals surface area (Å²) in [6, 6.07) is 17.6. The highest BCUT2D eigenvalue weighted by Crippen LogP contribution is 2.41. The molecule has 44 heteroatoms. The van der Waals surface area contributed by atoms with Crippen LogP contribution in [0.2, 0.25) is 20.6 Å². The standard InChI is InChI=1S/C18H25ClN4O2.C18H26N4O2.C17H24N4O.C16H23ClN4O2.C15H18ClF3N4O2.C14H16ClF3N4O/c1-11(2)23-16-13(7-8-14(19)21-16)20-17(23)22-15(24)10-12-6-5-9-18(3,4)25-12;1-12-8-10-19-16-15(12)21-17(22(16)13-6-5-7-13)20-14(23)9-11-24-18(2,3)4;1-11-8-9-18-15-14(11)20-16(21(15)12-6-5-7-12)19-13(22)10-17(2,3)4;1-10(2)21-14-11(6-7-12(17)19-14)18-15(21)20-13(22)8-9-23-16(3,4)5;1-14(2,3)25-7-6-11(24)22-13-20-9-4-5-10(16)21-12(9)23(13)8-15(17,18)19;1-13(2,3)6-10(23)21-12-19-8-4-5-9(15)20-11(8)22(12)7-14(16,17)18/h7-8,11-12H,5-6,9-10H2,1-4H3,(H,20,22,24);8,10,13H,5-7,9,11H2,1-4H3,(H,20,21,23);8-9,12H,5-7,10H2,1-4H3,(H,19,20,22);6-7,10H,8-9H2,1-5H3,(H,18,20,22);4-5H,6-8H2,1-3H3,(H,20,22,24);4-5H,6-7H2,1-3H3,(H,19,21,23). The smallest absolute Gasteiger partial charge is 0.375 e. The van der Waals surface area contributed by atoms with Gasteiger partial charge in [-0.05, 0) is 258 Å². The number of aromatic nitrogens is 18. The first-order valence-corrected chi connectivity index (χ1v) is 48.9. The van der Waals surface area contributed by atoms with Crippen molar-refractivity contribution >= 4 is 185 Å². The van der Waals surface area contributed by atoms with E-state index in [1.165, 1.54) is 37.1 Å². The third-order valence-electron chi connectivity index (χ3n) is 22.0. The normalized spacial score (nSPS) is 14.9. The molecule has 0 radical (unpaired) electrons. The minimum absolute atomic E-state index is 0.0132. The highest BCUT2D eigenvalue weighted by Gasteiger charge is 2.37. The molecule has 3 aliphatic rings. The summed E-state index contributed by atoms with van der Waals surface area (Å²) in [5.41, 5.74) is 7.37. The van der Waals surface area contributed by atoms with Crippen LogP contribution in [0, 0.1) is 24.7 Å². The number of nitrogens with one attached hydrogen (secondary N) is 6. The number of halogens is 10. The van der Waals surface area contributed by atoms with Crippen LogP contribution in [0.3, 0.4) is 0 Å². The number of hydrogen-bond donors (Lipinski definition) is 6. The van der Waals surface area contributed by atoms with Crippen molar-refractivity contribution < 1.29 is 74.1 Å². The number of pyridine rings is 6. The molecule has 774 valence electrons. The van der Waals surface area contributed by atoms with Crippen molar-refractivity contribution in [3.8, 4) is 0 Å². The molecule has 3 fully saturated rings. The second-order valence-corrected chi connectivity index (χ2v) is 43.4. The van der Waals surface area contributed by atoms with Gasteiger partial charge in [-0.1, -0.05) is 87.9 Å². The molecular weight excluding hydrogens is 1930 g/mol. The van der Waals surface area contributed by atoms with Crippen molar-refractivity contribution in [1.29, 1.82) is 0 Å². The summed E-state index contributed by atoms with van der Waals surface area (Å²) in [4.78, 5) is 125. The van der Waals surface area contributed by atoms with Crippen molar-refractivity contribution in [3.05, 3.63) is 105 Å². The summed E-state index contributed by atoms with van der Waals surface area (Å²) in [7, 11) is 0. The maximum Gasteiger partial charge on any atom is 0.406 e. The van der Waals surface area contributed by atoms with Crippen LogP contribution >= 0.6 is 46.4 Å². The van der Waals surface area contributed by atoms with E-state index in [2.05, 4.69) is 135 Å². The number of anilines is 6. The molecule has 6 amide bonds. The fraction of sp³-hybridized carbons (Fsp3) is 0.571. The third kappa shape index (κ3) is 33.9. The summed E-state index contributed by atoms with van der Waals surface area (Å²) >= 11 is 23.5. The van der Waals surface area contributed by atoms with Gasteiger partial charge in [0.2, 0.25) is 71.1 Å². The number of ether oxygens (including phenoxy) is 4. The zero-order valence-corrected chi connectivity index (χ0v) is 87.9. The number of alkyl halides is 6. The first-order chi connectivity index (χ1) is 66.0. The molecular formula is C98H132Cl4F6N24O10. The number of hydrogen-bond acceptors (Lipinski definition) is 22. The molecule has 34 nitrogen and oxygen atoms in total. The predicted octanol–water partition coefficient (Wildman–Crippen LogP) is 23.4. The largest absolute Gasteiger partial charge is 0.406 e. The minimum Gasteiger partial charge on any atom is -0.375 e. The van der Waals surface area contributed by atoms with E-state index in [1.807, 2.05) is 158 Å². The molecule has 2 saturated carbocycles. The zero-order valence-electron chi connectivity index (χ0n) is 84.9. The van der Waals surface area contributed by atoms with Crippen molar-refractivity contribution in [1.82, 2.24) is 87.2 Å². The molecule has 6 N–H and O–H groups in total. The number of aryl methyl sites for hydroxylation is 2. The van der Waals surface area contributed by atoms with Gasteiger partial charge in [0.25, 0.3) is 0 Å². The molecule has 0 bridgehead atoms. The SMILES string of the molecule is CC(C)(C)CC(=O)Nc1nc2ccc(Cl)nc2n1CC(F)(F)F.CC(C)(C)OCCC(=O)Nc1nc2ccc(Cl)nc2n1CC(F)(F)F.CC(C)n1c(NC(=O)CC2CCCC(C)(C)O2)nc2ccc(Cl)nc21.CC(C)n1c(NC(=O)CCOC(C)(C)C)nc2ccc(Cl)nc21.Cc1ccnc2c1nc(NC(=O)CC(C)(C)C)n2C1CCC1.Cc1ccnc2c1nc(NC(=O)CCOC(C)(C)C)n2C1CCC1. The monoisotopic (exact) mass is 2060 g/mol. The lowest BCUT2D eigenvalue weighted by molar-refractivity contribution is -0.140. The molecule has 2 aliphatic carbocycles. The van der Waals surface area contributed by atoms with Gasteiger partial charge < -0.3 is 18.9 Å². The number of nitrogens with zero attached hydrogens (tertiary/aromatic N) is 18. The van der Waals surface area contributed by atoms with Crippen LogP contribution in [-0.2, 0) is 60.8 Å². The van der Waals surface area contributed by atoms with Crippen LogP contribution in [0.25, 0.3) is 67.0 Å². The maximum atomic E-state index is 12.9. The number of fused-ring (bicyclic) bond motifs is 6. The van der Waals surface area contributed by atoms with Gasteiger partial charge in [0.1, 0.15) is 66.8 Å². The quantitative estimate of drug-likeness (QED) is 0.0229. The molecule has 15 rings (SSSR count). The number of carbonyl (C=O) groups is 6. The molecule has 12 aromatic heterocycles. The Morgan fingerprint density at radius 3 is 1.03 bits per heavy atom. The van der Waals surface area contributed by atoms with Crippen LogP contribution < -0.4 is 31.9 Å². The molecule has 12 aromatic rings. The molecule has 1 atom stereocenters. The molecule has 1 saturated heterocycles. The molecule has 0 aromatic carbocycles. The summed E-state index contributed by atoms with van der Waals surface area (Å²) in [5.74, 6) is 0.594. The summed E-state index contributed by atoms with van der Waals surface area (Å²) in [6.45, 7) is 43.6. The lowest BCUT2D eigenvalue weighted by Gasteiger charge is -2.35. The lowest BCUT2D eigenvalue weighted by Crippen LogP contribution is -2.37. The van der Waals surface area contributed by atoms with Crippen LogP contribution in [0.15, 0.2) is 73.1 Å². The van der Waals surface area contributed by atoms with E-state index in [0.29, 0.717) is 101 Å². The van der Waals surface area contributed by atoms with Gasteiger partial charge in [-0.2, -0.15) is 26.3 Å². The van der Waals surface area contributed by atoms with Gasteiger partial charge in [0, 0.05) is 49.4 Å². The highest BCUT2D eigenvalue weighted by molar-refractivity contribution is 6.30. The second-order valence-electron chi connectivity index (χ2n) is 41.9. The topological polar surface area (TPSA) is 396 Å². The maximum absolute atomic E-state index is 12.9. The zero-order chi connectivity index (χ0) is 105. The molecule has 1 unspecified atom stereocenters. The van der Waals surface area contributed by atoms with Crippen LogP contribution in [0.1, 0.15) is 277 Å². The van der Waals surface area contributed by atoms with E-state index in [9.17, 15) is 55.1 Å². The lowest BCUT2D eigenvalue weighted by atomic mass is 9.92. The Hall–Kier alpha value is -10.9. The van der Waals surface area contributed by atoms with E-state index in [4.69, 9.17) is 65.4 Å². The fourth-order valence-corrected chi connectivity index (χ4v) is 15.9. The van der Waals surface area contributed by atoms with E-state index < -0.39 is 42.9 Å². The first kappa shape index (κ1) is 113. The average Bonchev–Trinajstić information content (AvgIpc) is 1.60. The minimum atomic E-state index is -4.51. The summed E-state index contributed by atoms with van der Waals surface area (Å²) < 4.78 is 109. The van der Waals surface area contributed by atoms with E-state index in [-0.39, 0.29) is 140 Å². The summed E-state index contributed by atoms with van der Waals surface area (Å²) in [6.07, 6.45) is 6.05. The van der Waals surface area contributed by atoms with Crippen molar-refractivity contribution in [3.63, 3.8) is 0 Å².